The van der Waals surface area contributed by atoms with Crippen molar-refractivity contribution in [1.82, 2.24) is 9.80 Å². The maximum Gasteiger partial charge on any atom is 0.295 e. The summed E-state index contributed by atoms with van der Waals surface area (Å²) < 4.78 is 16.7. The van der Waals surface area contributed by atoms with E-state index in [0.717, 1.165) is 30.8 Å². The smallest absolute Gasteiger partial charge is 0.295 e. The fraction of sp³-hybridized carbons (Fsp3) is 0.429. The van der Waals surface area contributed by atoms with Crippen LogP contribution in [0.15, 0.2) is 54.1 Å². The molecule has 1 atom stereocenters. The van der Waals surface area contributed by atoms with Crippen LogP contribution in [0.3, 0.4) is 0 Å². The van der Waals surface area contributed by atoms with E-state index < -0.39 is 17.7 Å². The SMILES string of the molecule is CCCOc1ccc(C2/C(=C(\O)c3cccc(OCC)c3)C(=O)C(=O)N2CCN2CCOCC2)cc1. The fourth-order valence-corrected chi connectivity index (χ4v) is 4.55. The molecular weight excluding hydrogens is 460 g/mol. The first kappa shape index (κ1) is 25.7. The molecule has 8 nitrogen and oxygen atoms in total. The summed E-state index contributed by atoms with van der Waals surface area (Å²) in [6.45, 7) is 8.83. The zero-order chi connectivity index (χ0) is 25.5. The topological polar surface area (TPSA) is 88.5 Å². The Labute approximate surface area is 212 Å². The van der Waals surface area contributed by atoms with Crippen LogP contribution in [0.25, 0.3) is 5.76 Å². The van der Waals surface area contributed by atoms with Gasteiger partial charge in [0.05, 0.1) is 38.0 Å². The molecule has 1 unspecified atom stereocenters. The van der Waals surface area contributed by atoms with Gasteiger partial charge in [0.15, 0.2) is 0 Å². The number of ketones is 1. The van der Waals surface area contributed by atoms with Crippen LogP contribution < -0.4 is 9.47 Å². The van der Waals surface area contributed by atoms with Crippen molar-refractivity contribution in [2.24, 2.45) is 0 Å². The second kappa shape index (κ2) is 12.1. The molecule has 0 aromatic heterocycles. The van der Waals surface area contributed by atoms with Crippen LogP contribution in [0.4, 0.5) is 0 Å². The highest BCUT2D eigenvalue weighted by Crippen LogP contribution is 2.40. The Kier molecular flexibility index (Phi) is 8.61. The van der Waals surface area contributed by atoms with Crippen molar-refractivity contribution in [3.8, 4) is 11.5 Å². The van der Waals surface area contributed by atoms with Crippen LogP contribution in [-0.4, -0.2) is 79.2 Å². The molecule has 2 aliphatic heterocycles. The number of carbonyl (C=O) groups is 2. The van der Waals surface area contributed by atoms with E-state index >= 15 is 0 Å². The van der Waals surface area contributed by atoms with Crippen molar-refractivity contribution < 1.29 is 28.9 Å². The molecule has 2 heterocycles. The van der Waals surface area contributed by atoms with E-state index in [0.29, 0.717) is 50.8 Å². The van der Waals surface area contributed by atoms with Gasteiger partial charge < -0.3 is 24.2 Å². The van der Waals surface area contributed by atoms with E-state index in [4.69, 9.17) is 14.2 Å². The number of amides is 1. The van der Waals surface area contributed by atoms with E-state index in [9.17, 15) is 14.7 Å². The first-order valence-corrected chi connectivity index (χ1v) is 12.6. The van der Waals surface area contributed by atoms with Gasteiger partial charge in [-0.1, -0.05) is 31.2 Å². The highest BCUT2D eigenvalue weighted by Gasteiger charge is 2.46. The van der Waals surface area contributed by atoms with Gasteiger partial charge in [0, 0.05) is 31.7 Å². The number of morpholine rings is 1. The third kappa shape index (κ3) is 5.71. The van der Waals surface area contributed by atoms with Gasteiger partial charge in [-0.05, 0) is 43.2 Å². The molecule has 192 valence electrons. The van der Waals surface area contributed by atoms with Crippen molar-refractivity contribution in [2.75, 3.05) is 52.6 Å². The third-order valence-electron chi connectivity index (χ3n) is 6.39. The number of ether oxygens (including phenoxy) is 3. The summed E-state index contributed by atoms with van der Waals surface area (Å²) >= 11 is 0. The Morgan fingerprint density at radius 2 is 1.75 bits per heavy atom. The quantitative estimate of drug-likeness (QED) is 0.307. The fourth-order valence-electron chi connectivity index (χ4n) is 4.55. The molecule has 1 amide bonds. The Balaban J connectivity index is 1.71. The Hall–Kier alpha value is -3.36. The number of hydrogen-bond acceptors (Lipinski definition) is 7. The average molecular weight is 495 g/mol. The minimum absolute atomic E-state index is 0.0813. The zero-order valence-corrected chi connectivity index (χ0v) is 20.9. The molecule has 2 aliphatic rings. The second-order valence-electron chi connectivity index (χ2n) is 8.82. The molecule has 0 saturated carbocycles. The van der Waals surface area contributed by atoms with E-state index in [-0.39, 0.29) is 11.3 Å². The van der Waals surface area contributed by atoms with E-state index in [2.05, 4.69) is 4.90 Å². The minimum Gasteiger partial charge on any atom is -0.507 e. The monoisotopic (exact) mass is 494 g/mol. The maximum absolute atomic E-state index is 13.3. The molecule has 36 heavy (non-hydrogen) atoms. The van der Waals surface area contributed by atoms with Crippen molar-refractivity contribution in [1.29, 1.82) is 0 Å². The lowest BCUT2D eigenvalue weighted by atomic mass is 9.95. The molecule has 0 radical (unpaired) electrons. The molecular formula is C28H34N2O6. The molecule has 4 rings (SSSR count). The number of aliphatic hydroxyl groups is 1. The molecule has 0 spiro atoms. The van der Waals surface area contributed by atoms with E-state index in [1.54, 1.807) is 29.2 Å². The number of nitrogens with zero attached hydrogens (tertiary/aromatic N) is 2. The van der Waals surface area contributed by atoms with Gasteiger partial charge in [-0.15, -0.1) is 0 Å². The van der Waals surface area contributed by atoms with Gasteiger partial charge in [0.1, 0.15) is 17.3 Å². The predicted octanol–water partition coefficient (Wildman–Crippen LogP) is 3.63. The van der Waals surface area contributed by atoms with Gasteiger partial charge in [-0.25, -0.2) is 0 Å². The lowest BCUT2D eigenvalue weighted by Gasteiger charge is -2.31. The van der Waals surface area contributed by atoms with Gasteiger partial charge in [0.2, 0.25) is 0 Å². The highest BCUT2D eigenvalue weighted by atomic mass is 16.5. The van der Waals surface area contributed by atoms with Crippen LogP contribution in [0, 0.1) is 0 Å². The van der Waals surface area contributed by atoms with Crippen LogP contribution >= 0.6 is 0 Å². The number of rotatable bonds is 10. The first-order valence-electron chi connectivity index (χ1n) is 12.6. The Morgan fingerprint density at radius 1 is 1.00 bits per heavy atom. The summed E-state index contributed by atoms with van der Waals surface area (Å²) in [6.07, 6.45) is 0.893. The molecule has 0 bridgehead atoms. The van der Waals surface area contributed by atoms with Crippen molar-refractivity contribution >= 4 is 17.4 Å². The van der Waals surface area contributed by atoms with Crippen molar-refractivity contribution in [3.63, 3.8) is 0 Å². The van der Waals surface area contributed by atoms with Crippen LogP contribution in [0.5, 0.6) is 11.5 Å². The van der Waals surface area contributed by atoms with E-state index in [1.807, 2.05) is 38.1 Å². The molecule has 8 heteroatoms. The molecule has 1 N–H and O–H groups in total. The number of likely N-dealkylation sites (tertiary alicyclic amines) is 1. The number of hydrogen-bond donors (Lipinski definition) is 1. The van der Waals surface area contributed by atoms with Gasteiger partial charge >= 0.3 is 0 Å². The summed E-state index contributed by atoms with van der Waals surface area (Å²) in [4.78, 5) is 30.3. The van der Waals surface area contributed by atoms with Gasteiger partial charge in [0.25, 0.3) is 11.7 Å². The average Bonchev–Trinajstić information content (AvgIpc) is 3.16. The standard InChI is InChI=1S/C28H34N2O6/c1-3-16-36-22-10-8-20(9-11-22)25-24(26(31)21-6-5-7-23(19-21)35-4-2)27(32)28(33)30(25)13-12-29-14-17-34-18-15-29/h5-11,19,25,31H,3-4,12-18H2,1-2H3/b26-24+. The minimum atomic E-state index is -0.706. The van der Waals surface area contributed by atoms with Gasteiger partial charge in [-0.2, -0.15) is 0 Å². The molecule has 0 aliphatic carbocycles. The summed E-state index contributed by atoms with van der Waals surface area (Å²) in [6, 6.07) is 13.6. The second-order valence-corrected chi connectivity index (χ2v) is 8.82. The maximum atomic E-state index is 13.3. The van der Waals surface area contributed by atoms with Crippen LogP contribution in [-0.2, 0) is 14.3 Å². The zero-order valence-electron chi connectivity index (χ0n) is 20.9. The molecule has 2 aromatic rings. The Morgan fingerprint density at radius 3 is 2.44 bits per heavy atom. The number of Topliss-reactive ketones (excluding diaryl/α,β-unsaturated/α-hetero) is 1. The normalized spacial score (nSPS) is 20.1. The lowest BCUT2D eigenvalue weighted by Crippen LogP contribution is -2.42. The lowest BCUT2D eigenvalue weighted by molar-refractivity contribution is -0.140. The van der Waals surface area contributed by atoms with Gasteiger partial charge in [-0.3, -0.25) is 14.5 Å². The van der Waals surface area contributed by atoms with Crippen molar-refractivity contribution in [3.05, 3.63) is 65.2 Å². The summed E-state index contributed by atoms with van der Waals surface area (Å²) in [7, 11) is 0. The summed E-state index contributed by atoms with van der Waals surface area (Å²) in [5, 5.41) is 11.3. The summed E-state index contributed by atoms with van der Waals surface area (Å²) in [5.74, 6) is -0.206. The largest absolute Gasteiger partial charge is 0.507 e. The number of carbonyl (C=O) groups excluding carboxylic acids is 2. The Bertz CT molecular complexity index is 1090. The predicted molar refractivity (Wildman–Crippen MR) is 136 cm³/mol. The first-order chi connectivity index (χ1) is 17.5. The molecule has 2 fully saturated rings. The van der Waals surface area contributed by atoms with E-state index in [1.165, 1.54) is 0 Å². The van der Waals surface area contributed by atoms with Crippen LogP contribution in [0.2, 0.25) is 0 Å². The van der Waals surface area contributed by atoms with Crippen molar-refractivity contribution in [2.45, 2.75) is 26.3 Å². The number of benzene rings is 2. The molecule has 2 aromatic carbocycles. The number of aliphatic hydroxyl groups excluding tert-OH is 1. The summed E-state index contributed by atoms with van der Waals surface area (Å²) in [5.41, 5.74) is 1.25. The molecule has 2 saturated heterocycles. The highest BCUT2D eigenvalue weighted by molar-refractivity contribution is 6.46. The third-order valence-corrected chi connectivity index (χ3v) is 6.39. The van der Waals surface area contributed by atoms with Crippen LogP contribution in [0.1, 0.15) is 37.4 Å².